The molecule has 0 aromatic heterocycles. The monoisotopic (exact) mass is 241 g/mol. The van der Waals surface area contributed by atoms with Gasteiger partial charge in [0.05, 0.1) is 11.1 Å². The van der Waals surface area contributed by atoms with Crippen molar-refractivity contribution in [2.45, 2.75) is 38.8 Å². The lowest BCUT2D eigenvalue weighted by molar-refractivity contribution is -0.238. The van der Waals surface area contributed by atoms with Crippen molar-refractivity contribution in [3.63, 3.8) is 0 Å². The molecule has 1 heterocycles. The van der Waals surface area contributed by atoms with Crippen molar-refractivity contribution in [3.05, 3.63) is 11.6 Å². The molecule has 0 saturated carbocycles. The second kappa shape index (κ2) is 4.12. The number of amides is 1. The molecule has 0 saturated heterocycles. The smallest absolute Gasteiger partial charge is 0.322 e. The van der Waals surface area contributed by atoms with Crippen molar-refractivity contribution >= 4 is 11.9 Å². The van der Waals surface area contributed by atoms with Crippen LogP contribution in [0.1, 0.15) is 27.7 Å². The maximum absolute atomic E-state index is 12.0. The van der Waals surface area contributed by atoms with Crippen LogP contribution in [0.25, 0.3) is 0 Å². The van der Waals surface area contributed by atoms with Crippen LogP contribution in [-0.2, 0) is 14.8 Å². The Morgan fingerprint density at radius 2 is 1.88 bits per heavy atom. The van der Waals surface area contributed by atoms with Crippen LogP contribution in [0.4, 0.5) is 0 Å². The molecule has 6 heteroatoms. The SMILES string of the molecule is CC1(C)C=C(C(=O)NCC(=O)O)C(C)(C)N1[O]. The zero-order chi connectivity index (χ0) is 13.4. The summed E-state index contributed by atoms with van der Waals surface area (Å²) in [7, 11) is 0. The molecule has 0 aromatic rings. The minimum atomic E-state index is -1.12. The van der Waals surface area contributed by atoms with Gasteiger partial charge >= 0.3 is 5.97 Å². The highest BCUT2D eigenvalue weighted by Crippen LogP contribution is 2.38. The molecule has 2 N–H and O–H groups in total. The predicted molar refractivity (Wildman–Crippen MR) is 59.4 cm³/mol. The quantitative estimate of drug-likeness (QED) is 0.745. The summed E-state index contributed by atoms with van der Waals surface area (Å²) in [5.41, 5.74) is -1.41. The van der Waals surface area contributed by atoms with Crippen LogP contribution in [-0.4, -0.2) is 39.7 Å². The number of hydroxylamine groups is 2. The summed E-state index contributed by atoms with van der Waals surface area (Å²) in [6.07, 6.45) is 1.58. The fourth-order valence-corrected chi connectivity index (χ4v) is 2.01. The van der Waals surface area contributed by atoms with Crippen molar-refractivity contribution < 1.29 is 19.9 Å². The standard InChI is InChI=1S/C11H17N2O4/c1-10(2)5-7(11(3,4)13(10)17)9(16)12-6-8(14)15/h5H,6H2,1-4H3,(H,12,16)(H,14,15). The molecule has 0 bridgehead atoms. The molecule has 0 spiro atoms. The minimum absolute atomic E-state index is 0.304. The average molecular weight is 241 g/mol. The van der Waals surface area contributed by atoms with E-state index in [0.717, 1.165) is 5.06 Å². The Morgan fingerprint density at radius 3 is 2.24 bits per heavy atom. The molecule has 0 fully saturated rings. The predicted octanol–water partition coefficient (Wildman–Crippen LogP) is 0.332. The number of hydrogen-bond acceptors (Lipinski definition) is 3. The number of aliphatic carboxylic acids is 1. The number of carboxylic acid groups (broad SMARTS) is 1. The Hall–Kier alpha value is -1.40. The molecular weight excluding hydrogens is 224 g/mol. The first-order valence-electron chi connectivity index (χ1n) is 5.30. The molecule has 0 atom stereocenters. The summed E-state index contributed by atoms with van der Waals surface area (Å²) < 4.78 is 0. The first kappa shape index (κ1) is 13.7. The highest BCUT2D eigenvalue weighted by molar-refractivity contribution is 5.97. The molecule has 17 heavy (non-hydrogen) atoms. The van der Waals surface area contributed by atoms with Gasteiger partial charge in [0.2, 0.25) is 5.91 Å². The first-order chi connectivity index (χ1) is 7.59. The van der Waals surface area contributed by atoms with E-state index in [9.17, 15) is 14.8 Å². The highest BCUT2D eigenvalue weighted by atomic mass is 16.5. The number of carbonyl (C=O) groups excluding carboxylic acids is 1. The molecule has 1 radical (unpaired) electrons. The topological polar surface area (TPSA) is 89.5 Å². The summed E-state index contributed by atoms with van der Waals surface area (Å²) in [6, 6.07) is 0. The molecule has 0 aromatic carbocycles. The van der Waals surface area contributed by atoms with E-state index in [0.29, 0.717) is 5.57 Å². The Morgan fingerprint density at radius 1 is 1.35 bits per heavy atom. The van der Waals surface area contributed by atoms with Crippen molar-refractivity contribution in [2.75, 3.05) is 6.54 Å². The fraction of sp³-hybridized carbons (Fsp3) is 0.636. The first-order valence-corrected chi connectivity index (χ1v) is 5.30. The van der Waals surface area contributed by atoms with Gasteiger partial charge in [-0.3, -0.25) is 9.59 Å². The zero-order valence-corrected chi connectivity index (χ0v) is 10.4. The molecule has 1 aliphatic heterocycles. The molecule has 1 rings (SSSR count). The molecule has 0 aliphatic carbocycles. The summed E-state index contributed by atoms with van der Waals surface area (Å²) in [5, 5.41) is 23.6. The van der Waals surface area contributed by atoms with Crippen LogP contribution in [0.2, 0.25) is 0 Å². The van der Waals surface area contributed by atoms with Gasteiger partial charge < -0.3 is 10.4 Å². The van der Waals surface area contributed by atoms with Crippen LogP contribution in [0, 0.1) is 0 Å². The van der Waals surface area contributed by atoms with Gasteiger partial charge in [-0.15, -0.1) is 10.3 Å². The minimum Gasteiger partial charge on any atom is -0.480 e. The van der Waals surface area contributed by atoms with E-state index in [-0.39, 0.29) is 0 Å². The van der Waals surface area contributed by atoms with Crippen molar-refractivity contribution in [3.8, 4) is 0 Å². The van der Waals surface area contributed by atoms with Crippen molar-refractivity contribution in [1.29, 1.82) is 0 Å². The number of carbonyl (C=O) groups is 2. The van der Waals surface area contributed by atoms with Crippen LogP contribution in [0.5, 0.6) is 0 Å². The molecule has 0 unspecified atom stereocenters. The van der Waals surface area contributed by atoms with Crippen molar-refractivity contribution in [2.24, 2.45) is 0 Å². The Labute approximate surface area is 99.9 Å². The molecule has 6 nitrogen and oxygen atoms in total. The Bertz CT molecular complexity index is 385. The second-order valence-electron chi connectivity index (χ2n) is 5.14. The van der Waals surface area contributed by atoms with Crippen LogP contribution < -0.4 is 5.32 Å². The van der Waals surface area contributed by atoms with Gasteiger partial charge in [0, 0.05) is 5.57 Å². The lowest BCUT2D eigenvalue weighted by Crippen LogP contribution is -2.48. The largest absolute Gasteiger partial charge is 0.480 e. The Balaban J connectivity index is 2.90. The average Bonchev–Trinajstić information content (AvgIpc) is 2.35. The van der Waals surface area contributed by atoms with Crippen LogP contribution in [0.3, 0.4) is 0 Å². The number of carboxylic acids is 1. The highest BCUT2D eigenvalue weighted by Gasteiger charge is 2.48. The number of nitrogens with one attached hydrogen (secondary N) is 1. The van der Waals surface area contributed by atoms with E-state index in [1.54, 1.807) is 33.8 Å². The number of rotatable bonds is 3. The molecular formula is C11H17N2O4. The van der Waals surface area contributed by atoms with Crippen LogP contribution >= 0.6 is 0 Å². The van der Waals surface area contributed by atoms with Gasteiger partial charge in [0.25, 0.3) is 0 Å². The Kier molecular flexibility index (Phi) is 3.31. The lowest BCUT2D eigenvalue weighted by atomic mass is 9.96. The molecule has 1 aliphatic rings. The van der Waals surface area contributed by atoms with Gasteiger partial charge in [0.1, 0.15) is 6.54 Å². The van der Waals surface area contributed by atoms with E-state index >= 15 is 0 Å². The normalized spacial score (nSPS) is 22.1. The lowest BCUT2D eigenvalue weighted by Gasteiger charge is -2.33. The van der Waals surface area contributed by atoms with Crippen molar-refractivity contribution in [1.82, 2.24) is 10.4 Å². The second-order valence-corrected chi connectivity index (χ2v) is 5.14. The van der Waals surface area contributed by atoms with E-state index in [1.165, 1.54) is 0 Å². The van der Waals surface area contributed by atoms with Gasteiger partial charge in [-0.25, -0.2) is 0 Å². The van der Waals surface area contributed by atoms with Gasteiger partial charge in [-0.1, -0.05) is 6.08 Å². The van der Waals surface area contributed by atoms with Crippen LogP contribution in [0.15, 0.2) is 11.6 Å². The third-order valence-electron chi connectivity index (χ3n) is 2.83. The van der Waals surface area contributed by atoms with E-state index in [2.05, 4.69) is 5.32 Å². The fourth-order valence-electron chi connectivity index (χ4n) is 2.01. The molecule has 95 valence electrons. The van der Waals surface area contributed by atoms with E-state index < -0.39 is 29.5 Å². The summed E-state index contributed by atoms with van der Waals surface area (Å²) in [4.78, 5) is 22.2. The van der Waals surface area contributed by atoms with Gasteiger partial charge in [0.15, 0.2) is 0 Å². The third-order valence-corrected chi connectivity index (χ3v) is 2.83. The van der Waals surface area contributed by atoms with Gasteiger partial charge in [-0.2, -0.15) is 0 Å². The summed E-state index contributed by atoms with van der Waals surface area (Å²) in [6.45, 7) is 6.24. The maximum Gasteiger partial charge on any atom is 0.322 e. The van der Waals surface area contributed by atoms with Gasteiger partial charge in [-0.05, 0) is 27.7 Å². The van der Waals surface area contributed by atoms with E-state index in [4.69, 9.17) is 5.11 Å². The van der Waals surface area contributed by atoms with E-state index in [1.807, 2.05) is 0 Å². The number of nitrogens with zero attached hydrogens (tertiary/aromatic N) is 1. The molecule has 1 amide bonds. The summed E-state index contributed by atoms with van der Waals surface area (Å²) >= 11 is 0. The zero-order valence-electron chi connectivity index (χ0n) is 10.4. The maximum atomic E-state index is 12.0. The summed E-state index contributed by atoms with van der Waals surface area (Å²) in [5.74, 6) is -1.63. The number of hydrogen-bond donors (Lipinski definition) is 2. The third kappa shape index (κ3) is 2.48.